The Morgan fingerprint density at radius 2 is 2.24 bits per heavy atom. The maximum absolute atomic E-state index is 13.2. The van der Waals surface area contributed by atoms with Crippen LogP contribution in [0.3, 0.4) is 0 Å². The van der Waals surface area contributed by atoms with Crippen LogP contribution in [0.1, 0.15) is 21.7 Å². The van der Waals surface area contributed by atoms with E-state index in [1.807, 2.05) is 0 Å². The number of carbonyl (C=O) groups excluding carboxylic acids is 1. The summed E-state index contributed by atoms with van der Waals surface area (Å²) in [5, 5.41) is 7.33. The zero-order valence-electron chi connectivity index (χ0n) is 10.9. The number of aromatic amines is 1. The molecule has 0 spiro atoms. The molecule has 0 fully saturated rings. The van der Waals surface area contributed by atoms with Gasteiger partial charge >= 0.3 is 0 Å². The quantitative estimate of drug-likeness (QED) is 0.737. The minimum absolute atomic E-state index is 0.203. The molecule has 7 heteroatoms. The molecule has 3 heterocycles. The molecular weight excluding hydrogens is 273 g/mol. The van der Waals surface area contributed by atoms with Gasteiger partial charge in [-0.1, -0.05) is 0 Å². The Bertz CT molecular complexity index is 834. The number of aromatic nitrogens is 4. The van der Waals surface area contributed by atoms with Crippen molar-refractivity contribution in [1.82, 2.24) is 25.1 Å². The fourth-order valence-corrected chi connectivity index (χ4v) is 2.55. The van der Waals surface area contributed by atoms with E-state index in [1.54, 1.807) is 17.2 Å². The molecule has 1 aromatic carbocycles. The first-order chi connectivity index (χ1) is 10.2. The Morgan fingerprint density at radius 1 is 1.33 bits per heavy atom. The predicted octanol–water partition coefficient (Wildman–Crippen LogP) is 1.65. The lowest BCUT2D eigenvalue weighted by atomic mass is 10.2. The summed E-state index contributed by atoms with van der Waals surface area (Å²) in [5.74, 6) is -0.570. The van der Waals surface area contributed by atoms with Crippen LogP contribution < -0.4 is 0 Å². The van der Waals surface area contributed by atoms with Gasteiger partial charge in [0.1, 0.15) is 12.1 Å². The molecule has 0 saturated carbocycles. The predicted molar refractivity (Wildman–Crippen MR) is 71.7 cm³/mol. The standard InChI is InChI=1S/C14H10FN5O/c15-9-1-2-10-11(3-9)18-19-13(10)14(21)20-5-8-4-16-7-17-12(8)6-20/h1-4,7H,5-6H2,(H,18,19). The van der Waals surface area contributed by atoms with Crippen LogP contribution in [0.5, 0.6) is 0 Å². The number of hydrogen-bond acceptors (Lipinski definition) is 4. The fourth-order valence-electron chi connectivity index (χ4n) is 2.55. The highest BCUT2D eigenvalue weighted by molar-refractivity contribution is 6.04. The van der Waals surface area contributed by atoms with Gasteiger partial charge < -0.3 is 4.90 Å². The fraction of sp³-hybridized carbons (Fsp3) is 0.143. The van der Waals surface area contributed by atoms with Gasteiger partial charge in [-0.25, -0.2) is 14.4 Å². The molecule has 6 nitrogen and oxygen atoms in total. The van der Waals surface area contributed by atoms with Crippen LogP contribution in [0.4, 0.5) is 4.39 Å². The third-order valence-corrected chi connectivity index (χ3v) is 3.60. The topological polar surface area (TPSA) is 74.8 Å². The van der Waals surface area contributed by atoms with Gasteiger partial charge in [-0.15, -0.1) is 0 Å². The summed E-state index contributed by atoms with van der Waals surface area (Å²) in [5.41, 5.74) is 2.60. The van der Waals surface area contributed by atoms with E-state index in [0.29, 0.717) is 29.7 Å². The summed E-state index contributed by atoms with van der Waals surface area (Å²) in [6.45, 7) is 0.900. The van der Waals surface area contributed by atoms with Crippen molar-refractivity contribution >= 4 is 16.8 Å². The molecule has 1 aliphatic heterocycles. The zero-order valence-corrected chi connectivity index (χ0v) is 10.9. The Balaban J connectivity index is 1.69. The van der Waals surface area contributed by atoms with Crippen molar-refractivity contribution < 1.29 is 9.18 Å². The molecule has 0 atom stereocenters. The molecule has 3 aromatic rings. The van der Waals surface area contributed by atoms with Crippen molar-refractivity contribution in [1.29, 1.82) is 0 Å². The van der Waals surface area contributed by atoms with Crippen LogP contribution in [-0.4, -0.2) is 31.0 Å². The lowest BCUT2D eigenvalue weighted by Crippen LogP contribution is -2.25. The number of amides is 1. The first-order valence-corrected chi connectivity index (χ1v) is 6.43. The number of hydrogen-bond donors (Lipinski definition) is 1. The lowest BCUT2D eigenvalue weighted by molar-refractivity contribution is 0.0746. The number of halogens is 1. The second-order valence-electron chi connectivity index (χ2n) is 4.92. The SMILES string of the molecule is O=C(c1n[nH]c2cc(F)ccc12)N1Cc2cncnc2C1. The van der Waals surface area contributed by atoms with Crippen molar-refractivity contribution in [3.8, 4) is 0 Å². The molecule has 1 aliphatic rings. The van der Waals surface area contributed by atoms with E-state index in [1.165, 1.54) is 18.5 Å². The third-order valence-electron chi connectivity index (χ3n) is 3.60. The molecule has 1 amide bonds. The highest BCUT2D eigenvalue weighted by Crippen LogP contribution is 2.24. The van der Waals surface area contributed by atoms with Crippen molar-refractivity contribution in [2.75, 3.05) is 0 Å². The van der Waals surface area contributed by atoms with E-state index in [4.69, 9.17) is 0 Å². The highest BCUT2D eigenvalue weighted by atomic mass is 19.1. The molecule has 4 rings (SSSR count). The maximum Gasteiger partial charge on any atom is 0.275 e. The Labute approximate surface area is 118 Å². The number of benzene rings is 1. The van der Waals surface area contributed by atoms with Crippen molar-refractivity contribution in [3.63, 3.8) is 0 Å². The molecule has 1 N–H and O–H groups in total. The van der Waals surface area contributed by atoms with Crippen LogP contribution in [-0.2, 0) is 13.1 Å². The summed E-state index contributed by atoms with van der Waals surface area (Å²) >= 11 is 0. The summed E-state index contributed by atoms with van der Waals surface area (Å²) in [4.78, 5) is 22.4. The zero-order chi connectivity index (χ0) is 14.4. The van der Waals surface area contributed by atoms with Gasteiger partial charge in [0.2, 0.25) is 0 Å². The second kappa shape index (κ2) is 4.34. The summed E-state index contributed by atoms with van der Waals surface area (Å²) < 4.78 is 13.2. The average Bonchev–Trinajstić information content (AvgIpc) is 3.09. The third kappa shape index (κ3) is 1.85. The molecule has 0 aliphatic carbocycles. The van der Waals surface area contributed by atoms with Crippen LogP contribution >= 0.6 is 0 Å². The molecule has 21 heavy (non-hydrogen) atoms. The lowest BCUT2D eigenvalue weighted by Gasteiger charge is -2.13. The molecule has 0 unspecified atom stereocenters. The first-order valence-electron chi connectivity index (χ1n) is 6.43. The van der Waals surface area contributed by atoms with E-state index in [9.17, 15) is 9.18 Å². The van der Waals surface area contributed by atoms with Crippen LogP contribution in [0.25, 0.3) is 10.9 Å². The number of nitrogens with zero attached hydrogens (tertiary/aromatic N) is 4. The normalized spacial score (nSPS) is 13.7. The Morgan fingerprint density at radius 3 is 3.10 bits per heavy atom. The van der Waals surface area contributed by atoms with Gasteiger partial charge in [0, 0.05) is 23.7 Å². The molecule has 104 valence electrons. The minimum atomic E-state index is -0.367. The van der Waals surface area contributed by atoms with E-state index in [-0.39, 0.29) is 11.7 Å². The number of nitrogens with one attached hydrogen (secondary N) is 1. The van der Waals surface area contributed by atoms with Gasteiger partial charge in [-0.3, -0.25) is 9.89 Å². The minimum Gasteiger partial charge on any atom is -0.327 e. The van der Waals surface area contributed by atoms with Crippen LogP contribution in [0.15, 0.2) is 30.7 Å². The monoisotopic (exact) mass is 283 g/mol. The maximum atomic E-state index is 13.2. The van der Waals surface area contributed by atoms with Gasteiger partial charge in [-0.05, 0) is 18.2 Å². The molecule has 0 saturated heterocycles. The smallest absolute Gasteiger partial charge is 0.275 e. The first kappa shape index (κ1) is 12.0. The van der Waals surface area contributed by atoms with Gasteiger partial charge in [-0.2, -0.15) is 5.10 Å². The Hall–Kier alpha value is -2.83. The molecular formula is C14H10FN5O. The number of H-pyrrole nitrogens is 1. The Kier molecular flexibility index (Phi) is 2.47. The van der Waals surface area contributed by atoms with E-state index >= 15 is 0 Å². The molecule has 0 radical (unpaired) electrons. The average molecular weight is 283 g/mol. The van der Waals surface area contributed by atoms with Crippen LogP contribution in [0.2, 0.25) is 0 Å². The molecule has 2 aromatic heterocycles. The number of carbonyl (C=O) groups is 1. The van der Waals surface area contributed by atoms with Gasteiger partial charge in [0.05, 0.1) is 17.8 Å². The highest BCUT2D eigenvalue weighted by Gasteiger charge is 2.27. The van der Waals surface area contributed by atoms with Crippen molar-refractivity contribution in [3.05, 3.63) is 53.5 Å². The van der Waals surface area contributed by atoms with E-state index in [2.05, 4.69) is 20.2 Å². The summed E-state index contributed by atoms with van der Waals surface area (Å²) in [7, 11) is 0. The second-order valence-corrected chi connectivity index (χ2v) is 4.92. The summed E-state index contributed by atoms with van der Waals surface area (Å²) in [6.07, 6.45) is 3.19. The van der Waals surface area contributed by atoms with Crippen molar-refractivity contribution in [2.24, 2.45) is 0 Å². The van der Waals surface area contributed by atoms with E-state index < -0.39 is 0 Å². The van der Waals surface area contributed by atoms with Crippen LogP contribution in [0, 0.1) is 5.82 Å². The number of rotatable bonds is 1. The summed E-state index contributed by atoms with van der Waals surface area (Å²) in [6, 6.07) is 4.20. The van der Waals surface area contributed by atoms with Crippen molar-refractivity contribution in [2.45, 2.75) is 13.1 Å². The van der Waals surface area contributed by atoms with Gasteiger partial charge in [0.15, 0.2) is 5.69 Å². The number of fused-ring (bicyclic) bond motifs is 2. The van der Waals surface area contributed by atoms with Gasteiger partial charge in [0.25, 0.3) is 5.91 Å². The molecule has 0 bridgehead atoms. The van der Waals surface area contributed by atoms with E-state index in [0.717, 1.165) is 11.3 Å². The largest absolute Gasteiger partial charge is 0.327 e.